The maximum Gasteiger partial charge on any atom is 0.0752 e. The number of hydrogen-bond acceptors (Lipinski definition) is 2. The molecule has 2 heteroatoms. The summed E-state index contributed by atoms with van der Waals surface area (Å²) >= 11 is 1.53. The van der Waals surface area contributed by atoms with Crippen LogP contribution in [0.2, 0.25) is 0 Å². The standard InChI is InChI=1S/C13H18OS/c1-10-6-8-12(9-7-10)15-14-13-5-3-4-11(13)2/h6-9,11,13H,3-5H2,1-2H3. The molecule has 0 aliphatic heterocycles. The minimum absolute atomic E-state index is 0.455. The summed E-state index contributed by atoms with van der Waals surface area (Å²) in [6.07, 6.45) is 4.32. The van der Waals surface area contributed by atoms with Crippen LogP contribution in [-0.2, 0) is 4.18 Å². The number of aryl methyl sites for hydroxylation is 1. The minimum Gasteiger partial charge on any atom is -0.307 e. The fourth-order valence-electron chi connectivity index (χ4n) is 1.97. The van der Waals surface area contributed by atoms with E-state index < -0.39 is 0 Å². The van der Waals surface area contributed by atoms with Crippen LogP contribution in [0.5, 0.6) is 0 Å². The zero-order valence-electron chi connectivity index (χ0n) is 9.40. The third kappa shape index (κ3) is 2.99. The Morgan fingerprint density at radius 1 is 1.20 bits per heavy atom. The Morgan fingerprint density at radius 2 is 1.93 bits per heavy atom. The lowest BCUT2D eigenvalue weighted by molar-refractivity contribution is 0.201. The van der Waals surface area contributed by atoms with Crippen LogP contribution in [0.15, 0.2) is 29.2 Å². The van der Waals surface area contributed by atoms with Crippen LogP contribution in [0.4, 0.5) is 0 Å². The lowest BCUT2D eigenvalue weighted by atomic mass is 10.1. The van der Waals surface area contributed by atoms with Gasteiger partial charge in [0.2, 0.25) is 0 Å². The molecule has 1 aliphatic carbocycles. The Bertz CT molecular complexity index is 307. The molecule has 1 nitrogen and oxygen atoms in total. The van der Waals surface area contributed by atoms with Gasteiger partial charge < -0.3 is 4.18 Å². The molecular formula is C13H18OS. The summed E-state index contributed by atoms with van der Waals surface area (Å²) in [5.74, 6) is 0.725. The third-order valence-electron chi connectivity index (χ3n) is 3.07. The van der Waals surface area contributed by atoms with Crippen LogP contribution >= 0.6 is 12.0 Å². The van der Waals surface area contributed by atoms with Crippen molar-refractivity contribution in [3.8, 4) is 0 Å². The summed E-state index contributed by atoms with van der Waals surface area (Å²) in [6, 6.07) is 8.51. The quantitative estimate of drug-likeness (QED) is 0.709. The molecule has 1 aliphatic rings. The molecule has 15 heavy (non-hydrogen) atoms. The van der Waals surface area contributed by atoms with Gasteiger partial charge in [-0.25, -0.2) is 0 Å². The van der Waals surface area contributed by atoms with Gasteiger partial charge in [-0.15, -0.1) is 0 Å². The first kappa shape index (κ1) is 11.0. The molecule has 0 spiro atoms. The highest BCUT2D eigenvalue weighted by Crippen LogP contribution is 2.32. The van der Waals surface area contributed by atoms with Crippen LogP contribution in [0.25, 0.3) is 0 Å². The fraction of sp³-hybridized carbons (Fsp3) is 0.538. The van der Waals surface area contributed by atoms with E-state index in [4.69, 9.17) is 4.18 Å². The summed E-state index contributed by atoms with van der Waals surface area (Å²) in [5.41, 5.74) is 1.30. The van der Waals surface area contributed by atoms with Crippen molar-refractivity contribution in [2.45, 2.75) is 44.1 Å². The van der Waals surface area contributed by atoms with E-state index in [-0.39, 0.29) is 0 Å². The molecule has 1 aromatic carbocycles. The van der Waals surface area contributed by atoms with Crippen molar-refractivity contribution >= 4 is 12.0 Å². The molecule has 1 saturated carbocycles. The van der Waals surface area contributed by atoms with Crippen molar-refractivity contribution < 1.29 is 4.18 Å². The number of hydrogen-bond donors (Lipinski definition) is 0. The average molecular weight is 222 g/mol. The van der Waals surface area contributed by atoms with Crippen LogP contribution in [0, 0.1) is 12.8 Å². The Balaban J connectivity index is 1.85. The van der Waals surface area contributed by atoms with Gasteiger partial charge in [-0.05, 0) is 37.8 Å². The Labute approximate surface area is 96.4 Å². The van der Waals surface area contributed by atoms with Crippen molar-refractivity contribution in [2.24, 2.45) is 5.92 Å². The van der Waals surface area contributed by atoms with E-state index >= 15 is 0 Å². The molecule has 1 aromatic rings. The van der Waals surface area contributed by atoms with Gasteiger partial charge in [0.15, 0.2) is 0 Å². The Morgan fingerprint density at radius 3 is 2.53 bits per heavy atom. The average Bonchev–Trinajstić information content (AvgIpc) is 2.63. The van der Waals surface area contributed by atoms with Crippen LogP contribution < -0.4 is 0 Å². The molecule has 0 saturated heterocycles. The lowest BCUT2D eigenvalue weighted by Gasteiger charge is -2.14. The van der Waals surface area contributed by atoms with Crippen LogP contribution in [0.1, 0.15) is 31.7 Å². The van der Waals surface area contributed by atoms with E-state index in [2.05, 4.69) is 38.1 Å². The molecule has 0 bridgehead atoms. The second-order valence-corrected chi connectivity index (χ2v) is 5.27. The lowest BCUT2D eigenvalue weighted by Crippen LogP contribution is -2.11. The predicted octanol–water partition coefficient (Wildman–Crippen LogP) is 4.21. The molecular weight excluding hydrogens is 204 g/mol. The fourth-order valence-corrected chi connectivity index (χ4v) is 2.73. The zero-order valence-corrected chi connectivity index (χ0v) is 10.2. The van der Waals surface area contributed by atoms with Gasteiger partial charge >= 0.3 is 0 Å². The van der Waals surface area contributed by atoms with Crippen LogP contribution in [0.3, 0.4) is 0 Å². The largest absolute Gasteiger partial charge is 0.307 e. The second kappa shape index (κ2) is 5.04. The molecule has 0 aromatic heterocycles. The maximum atomic E-state index is 5.86. The molecule has 2 rings (SSSR count). The summed E-state index contributed by atoms with van der Waals surface area (Å²) in [6.45, 7) is 4.39. The maximum absolute atomic E-state index is 5.86. The smallest absolute Gasteiger partial charge is 0.0752 e. The van der Waals surface area contributed by atoms with Gasteiger partial charge in [-0.3, -0.25) is 0 Å². The van der Waals surface area contributed by atoms with E-state index in [1.54, 1.807) is 0 Å². The van der Waals surface area contributed by atoms with Gasteiger partial charge in [0.25, 0.3) is 0 Å². The molecule has 2 atom stereocenters. The van der Waals surface area contributed by atoms with Crippen molar-refractivity contribution in [1.29, 1.82) is 0 Å². The molecule has 82 valence electrons. The molecule has 0 amide bonds. The summed E-state index contributed by atoms with van der Waals surface area (Å²) < 4.78 is 5.86. The molecule has 1 fully saturated rings. The van der Waals surface area contributed by atoms with E-state index in [0.717, 1.165) is 5.92 Å². The van der Waals surface area contributed by atoms with E-state index in [1.165, 1.54) is 41.8 Å². The molecule has 0 radical (unpaired) electrons. The third-order valence-corrected chi connectivity index (χ3v) is 3.88. The highest BCUT2D eigenvalue weighted by Gasteiger charge is 2.24. The summed E-state index contributed by atoms with van der Waals surface area (Å²) in [4.78, 5) is 1.21. The van der Waals surface area contributed by atoms with Crippen molar-refractivity contribution in [2.75, 3.05) is 0 Å². The van der Waals surface area contributed by atoms with Crippen molar-refractivity contribution in [3.05, 3.63) is 29.8 Å². The molecule has 0 heterocycles. The van der Waals surface area contributed by atoms with Gasteiger partial charge in [0.05, 0.1) is 6.10 Å². The zero-order chi connectivity index (χ0) is 10.7. The van der Waals surface area contributed by atoms with Gasteiger partial charge in [0.1, 0.15) is 0 Å². The van der Waals surface area contributed by atoms with Crippen molar-refractivity contribution in [1.82, 2.24) is 0 Å². The summed E-state index contributed by atoms with van der Waals surface area (Å²) in [5, 5.41) is 0. The number of benzene rings is 1. The number of rotatable bonds is 3. The first-order valence-corrected chi connectivity index (χ1v) is 6.40. The van der Waals surface area contributed by atoms with E-state index in [1.807, 2.05) is 0 Å². The first-order chi connectivity index (χ1) is 7.25. The van der Waals surface area contributed by atoms with E-state index in [0.29, 0.717) is 6.10 Å². The van der Waals surface area contributed by atoms with Gasteiger partial charge in [-0.1, -0.05) is 31.0 Å². The highest BCUT2D eigenvalue weighted by atomic mass is 32.2. The molecule has 0 N–H and O–H groups in total. The second-order valence-electron chi connectivity index (χ2n) is 4.44. The SMILES string of the molecule is Cc1ccc(SOC2CCCC2C)cc1. The van der Waals surface area contributed by atoms with Gasteiger partial charge in [-0.2, -0.15) is 0 Å². The van der Waals surface area contributed by atoms with E-state index in [9.17, 15) is 0 Å². The van der Waals surface area contributed by atoms with Crippen molar-refractivity contribution in [3.63, 3.8) is 0 Å². The monoisotopic (exact) mass is 222 g/mol. The highest BCUT2D eigenvalue weighted by molar-refractivity contribution is 7.94. The summed E-state index contributed by atoms with van der Waals surface area (Å²) in [7, 11) is 0. The first-order valence-electron chi connectivity index (χ1n) is 5.66. The van der Waals surface area contributed by atoms with Gasteiger partial charge in [0, 0.05) is 16.9 Å². The normalized spacial score (nSPS) is 25.7. The molecule has 2 unspecified atom stereocenters. The van der Waals surface area contributed by atoms with Crippen LogP contribution in [-0.4, -0.2) is 6.10 Å². The Kier molecular flexibility index (Phi) is 3.71. The Hall–Kier alpha value is -0.470. The predicted molar refractivity (Wildman–Crippen MR) is 64.9 cm³/mol. The topological polar surface area (TPSA) is 9.23 Å². The minimum atomic E-state index is 0.455.